The van der Waals surface area contributed by atoms with E-state index in [1.165, 1.54) is 19.1 Å². The van der Waals surface area contributed by atoms with E-state index in [0.717, 1.165) is 28.2 Å². The summed E-state index contributed by atoms with van der Waals surface area (Å²) in [5.74, 6) is -2.98. The summed E-state index contributed by atoms with van der Waals surface area (Å²) in [7, 11) is 0. The molecule has 130 valence electrons. The number of amides is 1. The van der Waals surface area contributed by atoms with Gasteiger partial charge in [-0.25, -0.2) is 13.6 Å². The van der Waals surface area contributed by atoms with Crippen molar-refractivity contribution in [2.45, 2.75) is 13.0 Å². The second-order valence-corrected chi connectivity index (χ2v) is 5.99. The Hall–Kier alpha value is -2.54. The lowest BCUT2D eigenvalue weighted by Crippen LogP contribution is -2.29. The molecule has 2 aromatic carbocycles. The van der Waals surface area contributed by atoms with E-state index in [1.807, 2.05) is 12.1 Å². The molecule has 2 aromatic rings. The molecule has 0 saturated carbocycles. The van der Waals surface area contributed by atoms with Crippen molar-refractivity contribution in [2.75, 3.05) is 5.32 Å². The number of carbonyl (C=O) groups excluding carboxylic acids is 2. The van der Waals surface area contributed by atoms with E-state index in [9.17, 15) is 18.4 Å². The predicted octanol–water partition coefficient (Wildman–Crippen LogP) is 4.31. The molecule has 0 aliphatic heterocycles. The average Bonchev–Trinajstić information content (AvgIpc) is 2.57. The number of hydrogen-bond donors (Lipinski definition) is 1. The van der Waals surface area contributed by atoms with Crippen LogP contribution >= 0.6 is 15.9 Å². The van der Waals surface area contributed by atoms with Crippen LogP contribution in [0, 0.1) is 11.6 Å². The number of hydrogen-bond acceptors (Lipinski definition) is 3. The Morgan fingerprint density at radius 2 is 1.84 bits per heavy atom. The van der Waals surface area contributed by atoms with Crippen molar-refractivity contribution in [3.63, 3.8) is 0 Å². The van der Waals surface area contributed by atoms with Crippen LogP contribution in [-0.2, 0) is 14.3 Å². The molecule has 0 fully saturated rings. The summed E-state index contributed by atoms with van der Waals surface area (Å²) in [4.78, 5) is 23.7. The Kier molecular flexibility index (Phi) is 6.41. The molecule has 25 heavy (non-hydrogen) atoms. The van der Waals surface area contributed by atoms with E-state index < -0.39 is 29.6 Å². The van der Waals surface area contributed by atoms with Gasteiger partial charge in [0.2, 0.25) is 0 Å². The quantitative estimate of drug-likeness (QED) is 0.591. The van der Waals surface area contributed by atoms with Crippen molar-refractivity contribution in [3.05, 3.63) is 70.2 Å². The van der Waals surface area contributed by atoms with Crippen LogP contribution in [0.1, 0.15) is 12.5 Å². The first-order chi connectivity index (χ1) is 11.8. The number of esters is 1. The molecule has 0 saturated heterocycles. The summed E-state index contributed by atoms with van der Waals surface area (Å²) >= 11 is 3.30. The topological polar surface area (TPSA) is 55.4 Å². The van der Waals surface area contributed by atoms with E-state index >= 15 is 0 Å². The average molecular weight is 410 g/mol. The lowest BCUT2D eigenvalue weighted by atomic mass is 10.2. The third-order valence-electron chi connectivity index (χ3n) is 3.13. The van der Waals surface area contributed by atoms with Crippen molar-refractivity contribution in [1.29, 1.82) is 0 Å². The van der Waals surface area contributed by atoms with Crippen LogP contribution in [0.5, 0.6) is 0 Å². The second kappa shape index (κ2) is 8.53. The van der Waals surface area contributed by atoms with Gasteiger partial charge < -0.3 is 10.1 Å². The summed E-state index contributed by atoms with van der Waals surface area (Å²) in [5, 5.41) is 2.18. The zero-order chi connectivity index (χ0) is 18.4. The first kappa shape index (κ1) is 18.8. The number of nitrogens with one attached hydrogen (secondary N) is 1. The number of rotatable bonds is 5. The molecular formula is C18H14BrF2NO3. The van der Waals surface area contributed by atoms with Gasteiger partial charge >= 0.3 is 5.97 Å². The van der Waals surface area contributed by atoms with Gasteiger partial charge in [-0.05, 0) is 42.8 Å². The standard InChI is InChI=1S/C18H14BrF2NO3/c1-11(18(24)22-16-10-14(20)7-8-15(16)21)25-17(23)9-4-12-2-5-13(19)6-3-12/h2-11H,1H3,(H,22,24)/b9-4+/t11-/m0/s1. The molecule has 0 radical (unpaired) electrons. The zero-order valence-electron chi connectivity index (χ0n) is 13.1. The Bertz CT molecular complexity index is 806. The molecule has 4 nitrogen and oxygen atoms in total. The van der Waals surface area contributed by atoms with Crippen LogP contribution in [0.3, 0.4) is 0 Å². The molecule has 0 heterocycles. The fourth-order valence-electron chi connectivity index (χ4n) is 1.83. The zero-order valence-corrected chi connectivity index (χ0v) is 14.7. The molecule has 1 amide bonds. The maximum absolute atomic E-state index is 13.5. The predicted molar refractivity (Wildman–Crippen MR) is 93.7 cm³/mol. The fraction of sp³-hybridized carbons (Fsp3) is 0.111. The van der Waals surface area contributed by atoms with Gasteiger partial charge in [0.25, 0.3) is 5.91 Å². The largest absolute Gasteiger partial charge is 0.449 e. The smallest absolute Gasteiger partial charge is 0.331 e. The van der Waals surface area contributed by atoms with E-state index in [4.69, 9.17) is 4.74 Å². The van der Waals surface area contributed by atoms with Gasteiger partial charge in [0.05, 0.1) is 5.69 Å². The molecule has 0 unspecified atom stereocenters. The minimum absolute atomic E-state index is 0.321. The summed E-state index contributed by atoms with van der Waals surface area (Å²) in [6.07, 6.45) is 1.53. The van der Waals surface area contributed by atoms with Crippen molar-refractivity contribution in [2.24, 2.45) is 0 Å². The van der Waals surface area contributed by atoms with Crippen molar-refractivity contribution in [3.8, 4) is 0 Å². The number of halogens is 3. The maximum Gasteiger partial charge on any atom is 0.331 e. The lowest BCUT2D eigenvalue weighted by molar-refractivity contribution is -0.148. The van der Waals surface area contributed by atoms with Gasteiger partial charge in [-0.2, -0.15) is 0 Å². The van der Waals surface area contributed by atoms with Crippen LogP contribution in [0.15, 0.2) is 53.0 Å². The van der Waals surface area contributed by atoms with Gasteiger partial charge in [-0.15, -0.1) is 0 Å². The molecule has 7 heteroatoms. The molecule has 0 spiro atoms. The molecule has 0 aliphatic carbocycles. The molecule has 2 rings (SSSR count). The van der Waals surface area contributed by atoms with Crippen molar-refractivity contribution >= 4 is 39.6 Å². The number of carbonyl (C=O) groups is 2. The van der Waals surface area contributed by atoms with E-state index in [-0.39, 0.29) is 5.69 Å². The highest BCUT2D eigenvalue weighted by molar-refractivity contribution is 9.10. The highest BCUT2D eigenvalue weighted by Gasteiger charge is 2.18. The lowest BCUT2D eigenvalue weighted by Gasteiger charge is -2.12. The number of anilines is 1. The van der Waals surface area contributed by atoms with Crippen LogP contribution < -0.4 is 5.32 Å². The molecular weight excluding hydrogens is 396 g/mol. The Morgan fingerprint density at radius 1 is 1.16 bits per heavy atom. The molecule has 1 N–H and O–H groups in total. The maximum atomic E-state index is 13.5. The molecule has 0 aromatic heterocycles. The van der Waals surface area contributed by atoms with Crippen LogP contribution in [0.2, 0.25) is 0 Å². The van der Waals surface area contributed by atoms with Gasteiger partial charge in [0.1, 0.15) is 11.6 Å². The summed E-state index contributed by atoms with van der Waals surface area (Å²) < 4.78 is 32.4. The Balaban J connectivity index is 1.92. The highest BCUT2D eigenvalue weighted by atomic mass is 79.9. The van der Waals surface area contributed by atoms with Gasteiger partial charge in [-0.1, -0.05) is 28.1 Å². The minimum atomic E-state index is -1.18. The summed E-state index contributed by atoms with van der Waals surface area (Å²) in [6.45, 7) is 1.33. The number of benzene rings is 2. The third kappa shape index (κ3) is 5.79. The molecule has 0 aliphatic rings. The summed E-state index contributed by atoms with van der Waals surface area (Å²) in [6, 6.07) is 9.87. The highest BCUT2D eigenvalue weighted by Crippen LogP contribution is 2.16. The summed E-state index contributed by atoms with van der Waals surface area (Å²) in [5.41, 5.74) is 0.456. The van der Waals surface area contributed by atoms with Crippen molar-refractivity contribution in [1.82, 2.24) is 0 Å². The van der Waals surface area contributed by atoms with Gasteiger partial charge in [0.15, 0.2) is 6.10 Å². The Labute approximate surface area is 151 Å². The first-order valence-electron chi connectivity index (χ1n) is 7.25. The Morgan fingerprint density at radius 3 is 2.52 bits per heavy atom. The molecule has 1 atom stereocenters. The van der Waals surface area contributed by atoms with E-state index in [0.29, 0.717) is 0 Å². The number of ether oxygens (including phenoxy) is 1. The van der Waals surface area contributed by atoms with E-state index in [1.54, 1.807) is 12.1 Å². The molecule has 0 bridgehead atoms. The van der Waals surface area contributed by atoms with Crippen LogP contribution in [0.25, 0.3) is 6.08 Å². The van der Waals surface area contributed by atoms with Gasteiger partial charge in [0, 0.05) is 16.6 Å². The normalized spacial score (nSPS) is 12.0. The van der Waals surface area contributed by atoms with Gasteiger partial charge in [-0.3, -0.25) is 4.79 Å². The fourth-order valence-corrected chi connectivity index (χ4v) is 2.10. The van der Waals surface area contributed by atoms with Crippen LogP contribution in [-0.4, -0.2) is 18.0 Å². The van der Waals surface area contributed by atoms with Crippen molar-refractivity contribution < 1.29 is 23.1 Å². The van der Waals surface area contributed by atoms with E-state index in [2.05, 4.69) is 21.2 Å². The monoisotopic (exact) mass is 409 g/mol. The second-order valence-electron chi connectivity index (χ2n) is 5.08. The third-order valence-corrected chi connectivity index (χ3v) is 3.66. The first-order valence-corrected chi connectivity index (χ1v) is 8.04. The minimum Gasteiger partial charge on any atom is -0.449 e. The SMILES string of the molecule is C[C@H](OC(=O)/C=C/c1ccc(Br)cc1)C(=O)Nc1cc(F)ccc1F. The van der Waals surface area contributed by atoms with Crippen LogP contribution in [0.4, 0.5) is 14.5 Å².